The van der Waals surface area contributed by atoms with Gasteiger partial charge in [0.1, 0.15) is 16.9 Å². The van der Waals surface area contributed by atoms with Gasteiger partial charge in [0.15, 0.2) is 5.82 Å². The fraction of sp³-hybridized carbons (Fsp3) is 0.231. The van der Waals surface area contributed by atoms with Gasteiger partial charge in [-0.05, 0) is 11.6 Å². The summed E-state index contributed by atoms with van der Waals surface area (Å²) in [5.74, 6) is 0.459. The zero-order valence-electron chi connectivity index (χ0n) is 10.2. The zero-order valence-corrected chi connectivity index (χ0v) is 12.4. The summed E-state index contributed by atoms with van der Waals surface area (Å²) in [6.07, 6.45) is 0.491. The first-order valence-corrected chi connectivity index (χ1v) is 6.68. The summed E-state index contributed by atoms with van der Waals surface area (Å²) in [4.78, 5) is 8.30. The molecule has 0 atom stereocenters. The molecule has 0 unspecified atom stereocenters. The van der Waals surface area contributed by atoms with Gasteiger partial charge in [-0.25, -0.2) is 9.97 Å². The molecule has 0 radical (unpaired) electrons. The minimum Gasteiger partial charge on any atom is -0.377 e. The van der Waals surface area contributed by atoms with E-state index in [9.17, 15) is 0 Å². The van der Waals surface area contributed by atoms with Crippen LogP contribution in [0.5, 0.6) is 0 Å². The normalized spacial score (nSPS) is 10.7. The van der Waals surface area contributed by atoms with Crippen molar-refractivity contribution in [1.29, 1.82) is 0 Å². The van der Waals surface area contributed by atoms with Crippen LogP contribution < -0.4 is 0 Å². The lowest BCUT2D eigenvalue weighted by molar-refractivity contribution is 0.177. The molecule has 3 nitrogen and oxygen atoms in total. The van der Waals surface area contributed by atoms with E-state index >= 15 is 0 Å². The molecule has 0 saturated carbocycles. The van der Waals surface area contributed by atoms with Gasteiger partial charge >= 0.3 is 0 Å². The fourth-order valence-corrected chi connectivity index (χ4v) is 2.40. The number of hydrogen-bond donors (Lipinski definition) is 0. The third-order valence-electron chi connectivity index (χ3n) is 2.55. The highest BCUT2D eigenvalue weighted by Gasteiger charge is 2.13. The van der Waals surface area contributed by atoms with Crippen LogP contribution in [0.3, 0.4) is 0 Å². The number of aromatic nitrogens is 2. The van der Waals surface area contributed by atoms with E-state index < -0.39 is 0 Å². The second-order valence-electron chi connectivity index (χ2n) is 3.90. The fourth-order valence-electron chi connectivity index (χ4n) is 1.64. The molecule has 2 rings (SSSR count). The highest BCUT2D eigenvalue weighted by molar-refractivity contribution is 6.34. The van der Waals surface area contributed by atoms with Crippen LogP contribution in [0.1, 0.15) is 17.0 Å². The molecule has 0 bridgehead atoms. The number of methoxy groups -OCH3 is 1. The number of hydrogen-bond acceptors (Lipinski definition) is 3. The van der Waals surface area contributed by atoms with Gasteiger partial charge in [0.2, 0.25) is 0 Å². The van der Waals surface area contributed by atoms with Crippen molar-refractivity contribution in [1.82, 2.24) is 9.97 Å². The molecule has 0 saturated heterocycles. The quantitative estimate of drug-likeness (QED) is 0.794. The lowest BCUT2D eigenvalue weighted by Crippen LogP contribution is -2.02. The van der Waals surface area contributed by atoms with E-state index in [0.29, 0.717) is 33.1 Å². The maximum atomic E-state index is 6.14. The first-order chi connectivity index (χ1) is 9.11. The van der Waals surface area contributed by atoms with E-state index in [1.165, 1.54) is 0 Å². The summed E-state index contributed by atoms with van der Waals surface area (Å²) in [5.41, 5.74) is 1.59. The van der Waals surface area contributed by atoms with E-state index in [2.05, 4.69) is 9.97 Å². The predicted octanol–water partition coefficient (Wildman–Crippen LogP) is 4.17. The number of halogens is 3. The number of rotatable bonds is 4. The van der Waals surface area contributed by atoms with Gasteiger partial charge in [-0.15, -0.1) is 0 Å². The van der Waals surface area contributed by atoms with Crippen molar-refractivity contribution < 1.29 is 4.74 Å². The predicted molar refractivity (Wildman–Crippen MR) is 77.0 cm³/mol. The van der Waals surface area contributed by atoms with Gasteiger partial charge in [-0.1, -0.05) is 53.0 Å². The van der Waals surface area contributed by atoms with Crippen LogP contribution in [0, 0.1) is 0 Å². The van der Waals surface area contributed by atoms with Gasteiger partial charge in [0, 0.05) is 24.1 Å². The highest BCUT2D eigenvalue weighted by Crippen LogP contribution is 2.27. The van der Waals surface area contributed by atoms with Crippen LogP contribution in [0.25, 0.3) is 0 Å². The molecule has 0 aliphatic carbocycles. The Kier molecular flexibility index (Phi) is 4.99. The lowest BCUT2D eigenvalue weighted by atomic mass is 10.1. The molecule has 0 aliphatic heterocycles. The summed E-state index contributed by atoms with van der Waals surface area (Å²) < 4.78 is 4.95. The summed E-state index contributed by atoms with van der Waals surface area (Å²) in [7, 11) is 1.56. The molecule has 0 N–H and O–H groups in total. The Morgan fingerprint density at radius 1 is 1.05 bits per heavy atom. The molecule has 0 fully saturated rings. The smallest absolute Gasteiger partial charge is 0.157 e. The average molecular weight is 318 g/mol. The monoisotopic (exact) mass is 316 g/mol. The van der Waals surface area contributed by atoms with Gasteiger partial charge in [0.25, 0.3) is 0 Å². The topological polar surface area (TPSA) is 35.0 Å². The summed E-state index contributed by atoms with van der Waals surface area (Å²) in [5, 5.41) is 1.31. The average Bonchev–Trinajstić information content (AvgIpc) is 2.36. The third kappa shape index (κ3) is 3.57. The highest BCUT2D eigenvalue weighted by atomic mass is 35.5. The largest absolute Gasteiger partial charge is 0.377 e. The summed E-state index contributed by atoms with van der Waals surface area (Å²) >= 11 is 18.4. The minimum atomic E-state index is 0.270. The Morgan fingerprint density at radius 2 is 1.68 bits per heavy atom. The van der Waals surface area contributed by atoms with Crippen LogP contribution in [0.2, 0.25) is 15.3 Å². The second kappa shape index (κ2) is 6.53. The van der Waals surface area contributed by atoms with Crippen LogP contribution in [0.15, 0.2) is 24.3 Å². The SMILES string of the molecule is COCc1nc(Cl)c(Cc2ccccc2Cl)c(Cl)n1. The van der Waals surface area contributed by atoms with Gasteiger partial charge in [0.05, 0.1) is 0 Å². The lowest BCUT2D eigenvalue weighted by Gasteiger charge is -2.09. The molecule has 1 aromatic carbocycles. The molecule has 2 aromatic rings. The Balaban J connectivity index is 2.33. The van der Waals surface area contributed by atoms with Crippen molar-refractivity contribution in [3.8, 4) is 0 Å². The number of ether oxygens (including phenoxy) is 1. The van der Waals surface area contributed by atoms with Gasteiger partial charge in [-0.2, -0.15) is 0 Å². The molecule has 100 valence electrons. The second-order valence-corrected chi connectivity index (χ2v) is 5.02. The molecular weight excluding hydrogens is 307 g/mol. The Bertz CT molecular complexity index is 567. The van der Waals surface area contributed by atoms with Crippen molar-refractivity contribution in [2.24, 2.45) is 0 Å². The van der Waals surface area contributed by atoms with E-state index in [1.807, 2.05) is 24.3 Å². The van der Waals surface area contributed by atoms with Gasteiger partial charge < -0.3 is 4.74 Å². The Hall–Kier alpha value is -0.870. The van der Waals surface area contributed by atoms with Gasteiger partial charge in [-0.3, -0.25) is 0 Å². The van der Waals surface area contributed by atoms with Crippen molar-refractivity contribution in [3.63, 3.8) is 0 Å². The molecule has 19 heavy (non-hydrogen) atoms. The number of nitrogens with zero attached hydrogens (tertiary/aromatic N) is 2. The van der Waals surface area contributed by atoms with Crippen LogP contribution in [0.4, 0.5) is 0 Å². The van der Waals surface area contributed by atoms with Crippen molar-refractivity contribution >= 4 is 34.8 Å². The standard InChI is InChI=1S/C13H11Cl3N2O/c1-19-7-11-17-12(15)9(13(16)18-11)6-8-4-2-3-5-10(8)14/h2-5H,6-7H2,1H3. The Labute approximate surface area is 126 Å². The Morgan fingerprint density at radius 3 is 2.26 bits per heavy atom. The van der Waals surface area contributed by atoms with E-state index in [-0.39, 0.29) is 6.61 Å². The zero-order chi connectivity index (χ0) is 13.8. The summed E-state index contributed by atoms with van der Waals surface area (Å²) in [6, 6.07) is 7.51. The van der Waals surface area contributed by atoms with Crippen molar-refractivity contribution in [2.75, 3.05) is 7.11 Å². The first-order valence-electron chi connectivity index (χ1n) is 5.55. The molecule has 0 amide bonds. The maximum absolute atomic E-state index is 6.14. The van der Waals surface area contributed by atoms with E-state index in [4.69, 9.17) is 39.5 Å². The van der Waals surface area contributed by atoms with Crippen LogP contribution >= 0.6 is 34.8 Å². The summed E-state index contributed by atoms with van der Waals surface area (Å²) in [6.45, 7) is 0.270. The van der Waals surface area contributed by atoms with E-state index in [0.717, 1.165) is 5.56 Å². The molecule has 1 heterocycles. The third-order valence-corrected chi connectivity index (χ3v) is 3.54. The van der Waals surface area contributed by atoms with Crippen molar-refractivity contribution in [2.45, 2.75) is 13.0 Å². The molecular formula is C13H11Cl3N2O. The van der Waals surface area contributed by atoms with Crippen LogP contribution in [-0.2, 0) is 17.8 Å². The molecule has 0 aliphatic rings. The maximum Gasteiger partial charge on any atom is 0.157 e. The molecule has 0 spiro atoms. The minimum absolute atomic E-state index is 0.270. The first kappa shape index (κ1) is 14.5. The van der Waals surface area contributed by atoms with E-state index in [1.54, 1.807) is 7.11 Å². The molecule has 1 aromatic heterocycles. The van der Waals surface area contributed by atoms with Crippen molar-refractivity contribution in [3.05, 3.63) is 56.5 Å². The molecule has 6 heteroatoms. The van der Waals surface area contributed by atoms with Crippen LogP contribution in [-0.4, -0.2) is 17.1 Å². The number of benzene rings is 1.